The maximum Gasteiger partial charge on any atom is 0.408 e. The van der Waals surface area contributed by atoms with E-state index in [2.05, 4.69) is 10.3 Å². The molecule has 2 saturated heterocycles. The average Bonchev–Trinajstić information content (AvgIpc) is 3.33. The Labute approximate surface area is 264 Å². The van der Waals surface area contributed by atoms with Gasteiger partial charge in [0.2, 0.25) is 0 Å². The second kappa shape index (κ2) is 13.0. The number of carbonyl (C=O) groups is 4. The van der Waals surface area contributed by atoms with E-state index in [1.165, 1.54) is 0 Å². The number of pyridine rings is 1. The van der Waals surface area contributed by atoms with E-state index in [1.807, 2.05) is 42.5 Å². The normalized spacial score (nSPS) is 36.7. The Bertz CT molecular complexity index is 1490. The van der Waals surface area contributed by atoms with Crippen LogP contribution in [-0.2, 0) is 28.6 Å². The SMILES string of the molecule is CC[C@H]1OC(=O)[C@@](C)(F)C(=O)[C@H](C)[C@@H](C)[C@](C)(OC/C=C/c2cnc3ccccc3c2)C[C@@H](C)C(=O)[C@H](C)[C@H]2NC(=O)O[C@@]21C. The number of ketones is 2. The van der Waals surface area contributed by atoms with E-state index in [-0.39, 0.29) is 25.2 Å². The third-order valence-electron chi connectivity index (χ3n) is 10.0. The van der Waals surface area contributed by atoms with Crippen molar-refractivity contribution in [2.24, 2.45) is 23.7 Å². The number of aromatic nitrogens is 1. The van der Waals surface area contributed by atoms with Gasteiger partial charge in [-0.05, 0) is 57.2 Å². The van der Waals surface area contributed by atoms with Crippen LogP contribution in [0, 0.1) is 23.7 Å². The van der Waals surface area contributed by atoms with Crippen LogP contribution in [0.4, 0.5) is 9.18 Å². The highest BCUT2D eigenvalue weighted by atomic mass is 19.1. The molecule has 1 aromatic carbocycles. The van der Waals surface area contributed by atoms with Crippen molar-refractivity contribution in [1.82, 2.24) is 10.3 Å². The van der Waals surface area contributed by atoms with Crippen molar-refractivity contribution in [3.8, 4) is 0 Å². The molecule has 9 atom stereocenters. The van der Waals surface area contributed by atoms with Crippen LogP contribution in [0.15, 0.2) is 42.6 Å². The first-order chi connectivity index (χ1) is 21.0. The van der Waals surface area contributed by atoms with Gasteiger partial charge in [-0.25, -0.2) is 14.0 Å². The molecule has 1 aromatic heterocycles. The van der Waals surface area contributed by atoms with E-state index >= 15 is 4.39 Å². The number of alkyl carbamates (subject to hydrolysis) is 1. The van der Waals surface area contributed by atoms with Crippen LogP contribution >= 0.6 is 0 Å². The fourth-order valence-electron chi connectivity index (χ4n) is 6.88. The third-order valence-corrected chi connectivity index (χ3v) is 10.0. The number of esters is 1. The topological polar surface area (TPSA) is 121 Å². The van der Waals surface area contributed by atoms with E-state index in [9.17, 15) is 19.2 Å². The van der Waals surface area contributed by atoms with Crippen molar-refractivity contribution in [1.29, 1.82) is 0 Å². The summed E-state index contributed by atoms with van der Waals surface area (Å²) < 4.78 is 33.7. The van der Waals surface area contributed by atoms with Crippen molar-refractivity contribution in [3.05, 3.63) is 48.2 Å². The highest BCUT2D eigenvalue weighted by molar-refractivity contribution is 6.07. The number of cyclic esters (lactones) is 1. The number of nitrogens with zero attached hydrogens (tertiary/aromatic N) is 1. The average molecular weight is 625 g/mol. The van der Waals surface area contributed by atoms with Gasteiger partial charge in [0, 0.05) is 29.3 Å². The largest absolute Gasteiger partial charge is 0.455 e. The molecule has 0 aliphatic carbocycles. The van der Waals surface area contributed by atoms with E-state index in [0.29, 0.717) is 0 Å². The number of hydrogen-bond donors (Lipinski definition) is 1. The van der Waals surface area contributed by atoms with Gasteiger partial charge in [-0.3, -0.25) is 14.6 Å². The van der Waals surface area contributed by atoms with Crippen LogP contribution in [0.2, 0.25) is 0 Å². The van der Waals surface area contributed by atoms with Gasteiger partial charge < -0.3 is 19.5 Å². The molecule has 0 bridgehead atoms. The molecule has 2 aliphatic heterocycles. The molecule has 4 rings (SSSR count). The monoisotopic (exact) mass is 624 g/mol. The van der Waals surface area contributed by atoms with Crippen molar-refractivity contribution in [2.45, 2.75) is 97.2 Å². The Hall–Kier alpha value is -3.66. The smallest absolute Gasteiger partial charge is 0.408 e. The summed E-state index contributed by atoms with van der Waals surface area (Å²) in [5.41, 5.74) is -3.75. The zero-order valence-corrected chi connectivity index (χ0v) is 27.4. The Morgan fingerprint density at radius 3 is 2.44 bits per heavy atom. The molecule has 9 nitrogen and oxygen atoms in total. The molecule has 2 aliphatic rings. The number of carbonyl (C=O) groups excluding carboxylic acids is 4. The molecule has 0 spiro atoms. The molecule has 0 unspecified atom stereocenters. The van der Waals surface area contributed by atoms with E-state index in [1.54, 1.807) is 54.7 Å². The molecule has 244 valence electrons. The number of alkyl halides is 1. The van der Waals surface area contributed by atoms with E-state index in [0.717, 1.165) is 23.4 Å². The van der Waals surface area contributed by atoms with Crippen LogP contribution in [-0.4, -0.2) is 64.2 Å². The minimum absolute atomic E-state index is 0.142. The summed E-state index contributed by atoms with van der Waals surface area (Å²) in [7, 11) is 0. The highest BCUT2D eigenvalue weighted by Gasteiger charge is 2.58. The van der Waals surface area contributed by atoms with Gasteiger partial charge in [-0.15, -0.1) is 0 Å². The second-order valence-electron chi connectivity index (χ2n) is 13.2. The lowest BCUT2D eigenvalue weighted by Gasteiger charge is -2.43. The van der Waals surface area contributed by atoms with Crippen LogP contribution < -0.4 is 5.32 Å². The summed E-state index contributed by atoms with van der Waals surface area (Å²) in [5.74, 6) is -5.32. The molecular formula is C35H45FN2O7. The van der Waals surface area contributed by atoms with Gasteiger partial charge >= 0.3 is 12.1 Å². The second-order valence-corrected chi connectivity index (χ2v) is 13.2. The van der Waals surface area contributed by atoms with Gasteiger partial charge in [0.1, 0.15) is 11.9 Å². The lowest BCUT2D eigenvalue weighted by molar-refractivity contribution is -0.181. The molecule has 10 heteroatoms. The number of fused-ring (bicyclic) bond motifs is 2. The number of ether oxygens (including phenoxy) is 3. The molecule has 45 heavy (non-hydrogen) atoms. The van der Waals surface area contributed by atoms with Crippen molar-refractivity contribution >= 4 is 40.6 Å². The van der Waals surface area contributed by atoms with Crippen LogP contribution in [0.3, 0.4) is 0 Å². The summed E-state index contributed by atoms with van der Waals surface area (Å²) in [6.07, 6.45) is 3.97. The van der Waals surface area contributed by atoms with Crippen molar-refractivity contribution in [3.63, 3.8) is 0 Å². The predicted octanol–water partition coefficient (Wildman–Crippen LogP) is 6.03. The number of Topliss-reactive ketones (excluding diaryl/α,β-unsaturated/α-hetero) is 2. The number of hydrogen-bond acceptors (Lipinski definition) is 8. The Balaban J connectivity index is 1.66. The third kappa shape index (κ3) is 6.66. The standard InChI is InChI=1S/C35H45FN2O7/c1-9-27-35(8)29(38-32(42)45-35)22(4)28(39)20(2)18-33(6,23(5)21(3)30(40)34(7,36)31(41)44-27)43-16-12-13-24-17-25-14-10-11-15-26(25)37-19-24/h10-15,17,19-23,27,29H,9,16,18H2,1-8H3,(H,38,42)/b13-12+/t20-,21-,22+,23-,27-,29-,33-,34+,35-/m1/s1. The molecular weight excluding hydrogens is 579 g/mol. The van der Waals surface area contributed by atoms with Gasteiger partial charge in [-0.2, -0.15) is 0 Å². The van der Waals surface area contributed by atoms with Crippen LogP contribution in [0.5, 0.6) is 0 Å². The van der Waals surface area contributed by atoms with Gasteiger partial charge in [0.05, 0.1) is 23.8 Å². The van der Waals surface area contributed by atoms with Gasteiger partial charge in [0.15, 0.2) is 11.4 Å². The first kappa shape index (κ1) is 34.2. The Morgan fingerprint density at radius 1 is 1.07 bits per heavy atom. The number of rotatable bonds is 5. The zero-order chi connectivity index (χ0) is 33.3. The quantitative estimate of drug-likeness (QED) is 0.316. The molecule has 1 amide bonds. The summed E-state index contributed by atoms with van der Waals surface area (Å²) in [6.45, 7) is 12.9. The van der Waals surface area contributed by atoms with Gasteiger partial charge in [-0.1, -0.05) is 65.0 Å². The maximum atomic E-state index is 16.1. The summed E-state index contributed by atoms with van der Waals surface area (Å²) in [6, 6.07) is 8.94. The first-order valence-electron chi connectivity index (χ1n) is 15.7. The summed E-state index contributed by atoms with van der Waals surface area (Å²) >= 11 is 0. The highest BCUT2D eigenvalue weighted by Crippen LogP contribution is 2.41. The molecule has 1 N–H and O–H groups in total. The molecule has 0 radical (unpaired) electrons. The number of para-hydroxylation sites is 1. The predicted molar refractivity (Wildman–Crippen MR) is 168 cm³/mol. The maximum absolute atomic E-state index is 16.1. The zero-order valence-electron chi connectivity index (χ0n) is 27.4. The number of halogens is 1. The van der Waals surface area contributed by atoms with Crippen LogP contribution in [0.1, 0.15) is 73.8 Å². The van der Waals surface area contributed by atoms with Gasteiger partial charge in [0.25, 0.3) is 5.67 Å². The summed E-state index contributed by atoms with van der Waals surface area (Å²) in [5, 5.41) is 3.71. The Kier molecular flexibility index (Phi) is 9.87. The lowest BCUT2D eigenvalue weighted by Crippen LogP contribution is -2.58. The van der Waals surface area contributed by atoms with Crippen molar-refractivity contribution in [2.75, 3.05) is 6.61 Å². The van der Waals surface area contributed by atoms with Crippen LogP contribution in [0.25, 0.3) is 17.0 Å². The lowest BCUT2D eigenvalue weighted by atomic mass is 9.70. The minimum Gasteiger partial charge on any atom is -0.455 e. The molecule has 2 aromatic rings. The van der Waals surface area contributed by atoms with E-state index in [4.69, 9.17) is 14.2 Å². The first-order valence-corrected chi connectivity index (χ1v) is 15.7. The number of benzene rings is 1. The summed E-state index contributed by atoms with van der Waals surface area (Å²) in [4.78, 5) is 57.7. The fourth-order valence-corrected chi connectivity index (χ4v) is 6.88. The molecule has 2 fully saturated rings. The number of nitrogens with one attached hydrogen (secondary N) is 1. The van der Waals surface area contributed by atoms with Crippen molar-refractivity contribution < 1.29 is 37.8 Å². The fraction of sp³-hybridized carbons (Fsp3) is 0.571. The number of amides is 1. The van der Waals surface area contributed by atoms with E-state index < -0.39 is 70.5 Å². The minimum atomic E-state index is -2.97. The molecule has 0 saturated carbocycles. The Morgan fingerprint density at radius 2 is 1.76 bits per heavy atom. The molecule has 3 heterocycles.